The predicted molar refractivity (Wildman–Crippen MR) is 48.7 cm³/mol. The number of rotatable bonds is 1. The Bertz CT molecular complexity index is 228. The minimum Gasteiger partial charge on any atom is -0.336 e. The number of hydrogen-bond acceptors (Lipinski definition) is 2. The average molecular weight is 195 g/mol. The summed E-state index contributed by atoms with van der Waals surface area (Å²) in [4.78, 5) is 22.9. The van der Waals surface area contributed by atoms with Crippen molar-refractivity contribution in [3.8, 4) is 0 Å². The van der Waals surface area contributed by atoms with Crippen LogP contribution in [0.5, 0.6) is 0 Å². The van der Waals surface area contributed by atoms with Crippen molar-refractivity contribution in [3.05, 3.63) is 6.54 Å². The fraction of sp³-hybridized carbons (Fsp3) is 0.667. The largest absolute Gasteiger partial charge is 0.337 e. The van der Waals surface area contributed by atoms with E-state index in [1.165, 1.54) is 10.0 Å². The van der Waals surface area contributed by atoms with Crippen LogP contribution in [0.4, 0.5) is 4.79 Å². The Morgan fingerprint density at radius 3 is 2.86 bits per heavy atom. The molecule has 2 aliphatic rings. The fourth-order valence-corrected chi connectivity index (χ4v) is 1.68. The molecular weight excluding hydrogens is 182 g/mol. The van der Waals surface area contributed by atoms with Crippen LogP contribution in [0.15, 0.2) is 0 Å². The van der Waals surface area contributed by atoms with E-state index < -0.39 is 0 Å². The lowest BCUT2D eigenvalue weighted by Gasteiger charge is -2.38. The minimum absolute atomic E-state index is 0.0146. The highest BCUT2D eigenvalue weighted by atomic mass is 16.2. The highest BCUT2D eigenvalue weighted by molar-refractivity contribution is 5.82. The first-order valence-corrected chi connectivity index (χ1v) is 4.91. The molecular formula is C9H13N3O2. The lowest BCUT2D eigenvalue weighted by atomic mass is 10.1. The summed E-state index contributed by atoms with van der Waals surface area (Å²) < 4.78 is 0. The number of urea groups is 1. The van der Waals surface area contributed by atoms with Gasteiger partial charge in [0.05, 0.1) is 0 Å². The van der Waals surface area contributed by atoms with Crippen molar-refractivity contribution in [3.63, 3.8) is 0 Å². The molecule has 5 heteroatoms. The third-order valence-corrected chi connectivity index (χ3v) is 2.40. The Balaban J connectivity index is 2.04. The highest BCUT2D eigenvalue weighted by Gasteiger charge is 2.30. The highest BCUT2D eigenvalue weighted by Crippen LogP contribution is 2.16. The van der Waals surface area contributed by atoms with E-state index >= 15 is 0 Å². The van der Waals surface area contributed by atoms with Crippen LogP contribution in [0.3, 0.4) is 0 Å². The first-order valence-electron chi connectivity index (χ1n) is 4.91. The smallest absolute Gasteiger partial charge is 0.336 e. The summed E-state index contributed by atoms with van der Waals surface area (Å²) >= 11 is 0. The molecule has 3 amide bonds. The van der Waals surface area contributed by atoms with Crippen molar-refractivity contribution >= 4 is 11.9 Å². The first kappa shape index (κ1) is 9.30. The summed E-state index contributed by atoms with van der Waals surface area (Å²) in [6.45, 7) is 4.13. The quantitative estimate of drug-likeness (QED) is 0.657. The number of carbonyl (C=O) groups is 2. The van der Waals surface area contributed by atoms with Crippen molar-refractivity contribution in [1.29, 1.82) is 0 Å². The van der Waals surface area contributed by atoms with Crippen LogP contribution < -0.4 is 5.32 Å². The van der Waals surface area contributed by atoms with Gasteiger partial charge in [-0.2, -0.15) is 0 Å². The molecule has 0 saturated carbocycles. The molecule has 0 aromatic carbocycles. The van der Waals surface area contributed by atoms with E-state index in [9.17, 15) is 9.59 Å². The number of piperidine rings is 1. The normalized spacial score (nSPS) is 23.7. The molecule has 0 unspecified atom stereocenters. The van der Waals surface area contributed by atoms with Crippen molar-refractivity contribution in [2.45, 2.75) is 25.7 Å². The van der Waals surface area contributed by atoms with Crippen molar-refractivity contribution in [2.75, 3.05) is 13.1 Å². The third-order valence-electron chi connectivity index (χ3n) is 2.40. The van der Waals surface area contributed by atoms with Gasteiger partial charge in [0, 0.05) is 19.5 Å². The monoisotopic (exact) mass is 195 g/mol. The summed E-state index contributed by atoms with van der Waals surface area (Å²) in [6, 6.07) is -0.244. The standard InChI is InChI=1S/C9H13N3O2/c13-8-4-1-2-6-11(8)12-7-3-5-10-9(12)14/h1-6H2,(H,10,14). The Labute approximate surface area is 83.0 Å². The molecule has 0 aliphatic carbocycles. The van der Waals surface area contributed by atoms with Crippen molar-refractivity contribution in [2.24, 2.45) is 0 Å². The summed E-state index contributed by atoms with van der Waals surface area (Å²) in [6.07, 6.45) is 3.07. The van der Waals surface area contributed by atoms with E-state index in [-0.39, 0.29) is 11.9 Å². The lowest BCUT2D eigenvalue weighted by molar-refractivity contribution is -0.145. The maximum atomic E-state index is 11.5. The van der Waals surface area contributed by atoms with Crippen LogP contribution in [0.2, 0.25) is 0 Å². The molecule has 5 nitrogen and oxygen atoms in total. The third kappa shape index (κ3) is 1.66. The number of carbonyl (C=O) groups excluding carboxylic acids is 2. The number of nitrogens with one attached hydrogen (secondary N) is 1. The number of nitrogens with zero attached hydrogens (tertiary/aromatic N) is 2. The van der Waals surface area contributed by atoms with Gasteiger partial charge in [0.15, 0.2) is 0 Å². The molecule has 0 spiro atoms. The van der Waals surface area contributed by atoms with Gasteiger partial charge in [-0.1, -0.05) is 0 Å². The molecule has 1 N–H and O–H groups in total. The molecule has 2 rings (SSSR count). The average Bonchev–Trinajstić information content (AvgIpc) is 2.20. The molecule has 76 valence electrons. The fourth-order valence-electron chi connectivity index (χ4n) is 1.68. The van der Waals surface area contributed by atoms with Crippen LogP contribution in [-0.4, -0.2) is 35.0 Å². The van der Waals surface area contributed by atoms with Gasteiger partial charge in [0.25, 0.3) is 0 Å². The van der Waals surface area contributed by atoms with E-state index in [2.05, 4.69) is 11.9 Å². The topological polar surface area (TPSA) is 52.7 Å². The van der Waals surface area contributed by atoms with Gasteiger partial charge in [0.2, 0.25) is 5.91 Å². The van der Waals surface area contributed by atoms with Gasteiger partial charge in [-0.15, -0.1) is 0 Å². The predicted octanol–water partition coefficient (Wildman–Crippen LogP) is 0.368. The summed E-state index contributed by atoms with van der Waals surface area (Å²) in [5, 5.41) is 5.46. The maximum Gasteiger partial charge on any atom is 0.337 e. The molecule has 2 saturated heterocycles. The summed E-state index contributed by atoms with van der Waals surface area (Å²) in [7, 11) is 0. The Morgan fingerprint density at radius 1 is 1.29 bits per heavy atom. The van der Waals surface area contributed by atoms with Gasteiger partial charge in [-0.25, -0.2) is 14.8 Å². The summed E-state index contributed by atoms with van der Waals surface area (Å²) in [5.41, 5.74) is 0. The first-order chi connectivity index (χ1) is 6.79. The van der Waals surface area contributed by atoms with E-state index in [0.29, 0.717) is 25.9 Å². The van der Waals surface area contributed by atoms with Gasteiger partial charge < -0.3 is 5.32 Å². The second kappa shape index (κ2) is 3.86. The van der Waals surface area contributed by atoms with Crippen LogP contribution in [0.1, 0.15) is 25.7 Å². The van der Waals surface area contributed by atoms with Gasteiger partial charge in [0.1, 0.15) is 6.54 Å². The Kier molecular flexibility index (Phi) is 2.56. The molecule has 0 aromatic heterocycles. The van der Waals surface area contributed by atoms with Crippen LogP contribution in [0.25, 0.3) is 0 Å². The molecule has 0 aromatic rings. The Hall–Kier alpha value is -1.26. The number of hydrogen-bond donors (Lipinski definition) is 1. The van der Waals surface area contributed by atoms with Crippen LogP contribution in [0, 0.1) is 6.54 Å². The lowest BCUT2D eigenvalue weighted by Crippen LogP contribution is -2.56. The van der Waals surface area contributed by atoms with Crippen molar-refractivity contribution in [1.82, 2.24) is 15.3 Å². The Morgan fingerprint density at radius 2 is 2.14 bits per heavy atom. The zero-order chi connectivity index (χ0) is 9.97. The van der Waals surface area contributed by atoms with E-state index in [1.54, 1.807) is 0 Å². The SMILES string of the molecule is O=C1NCC[C]N1N1CCCCC1=O. The molecule has 0 bridgehead atoms. The molecule has 2 fully saturated rings. The minimum atomic E-state index is -0.244. The molecule has 2 radical (unpaired) electrons. The number of amides is 3. The van der Waals surface area contributed by atoms with Crippen LogP contribution >= 0.6 is 0 Å². The molecule has 2 heterocycles. The zero-order valence-corrected chi connectivity index (χ0v) is 7.95. The van der Waals surface area contributed by atoms with Gasteiger partial charge in [-0.3, -0.25) is 4.79 Å². The van der Waals surface area contributed by atoms with E-state index in [1.807, 2.05) is 0 Å². The van der Waals surface area contributed by atoms with Gasteiger partial charge in [-0.05, 0) is 19.3 Å². The van der Waals surface area contributed by atoms with E-state index in [4.69, 9.17) is 0 Å². The maximum absolute atomic E-state index is 11.5. The molecule has 0 atom stereocenters. The van der Waals surface area contributed by atoms with Crippen molar-refractivity contribution < 1.29 is 9.59 Å². The molecule has 14 heavy (non-hydrogen) atoms. The summed E-state index contributed by atoms with van der Waals surface area (Å²) in [5.74, 6) is 0.0146. The van der Waals surface area contributed by atoms with E-state index in [0.717, 1.165) is 12.8 Å². The zero-order valence-electron chi connectivity index (χ0n) is 7.95. The second-order valence-corrected chi connectivity index (χ2v) is 3.43. The number of hydrazine groups is 1. The molecule has 2 aliphatic heterocycles. The van der Waals surface area contributed by atoms with Gasteiger partial charge >= 0.3 is 6.03 Å². The second-order valence-electron chi connectivity index (χ2n) is 3.43. The van der Waals surface area contributed by atoms with Crippen LogP contribution in [-0.2, 0) is 4.79 Å².